The Morgan fingerprint density at radius 3 is 2.13 bits per heavy atom. The van der Waals surface area contributed by atoms with Gasteiger partial charge in [-0.25, -0.2) is 8.42 Å². The number of carbonyl (C=O) groups is 2. The highest BCUT2D eigenvalue weighted by Crippen LogP contribution is 2.40. The number of benzene rings is 6. The first-order valence-electron chi connectivity index (χ1n) is 20.1. The number of anilines is 1. The molecular weight excluding hydrogens is 807 g/mol. The van der Waals surface area contributed by atoms with Gasteiger partial charge in [-0.1, -0.05) is 115 Å². The number of hydrogen-bond acceptors (Lipinski definition) is 8. The van der Waals surface area contributed by atoms with E-state index < -0.39 is 28.3 Å². The second-order valence-corrected chi connectivity index (χ2v) is 17.9. The molecule has 6 aromatic rings. The molecule has 4 unspecified atom stereocenters. The van der Waals surface area contributed by atoms with Gasteiger partial charge in [-0.2, -0.15) is 4.72 Å². The second kappa shape index (κ2) is 20.3. The fourth-order valence-corrected chi connectivity index (χ4v) is 9.18. The highest BCUT2D eigenvalue weighted by molar-refractivity contribution is 7.99. The van der Waals surface area contributed by atoms with Crippen LogP contribution >= 0.6 is 11.8 Å². The topological polar surface area (TPSA) is 143 Å². The number of aliphatic hydroxyl groups is 1. The summed E-state index contributed by atoms with van der Waals surface area (Å²) in [6.45, 7) is 3.54. The second-order valence-electron chi connectivity index (χ2n) is 15.1. The molecule has 0 radical (unpaired) electrons. The number of hydrogen-bond donors (Lipinski definition) is 4. The first kappa shape index (κ1) is 43.5. The molecular formula is C49H49N3O7S2. The minimum Gasteiger partial charge on any atom is -0.392 e. The number of aliphatic hydroxyl groups excluding tert-OH is 1. The van der Waals surface area contributed by atoms with E-state index in [1.165, 1.54) is 19.1 Å². The average molecular weight is 856 g/mol. The molecule has 4 atom stereocenters. The Morgan fingerprint density at radius 1 is 0.754 bits per heavy atom. The Kier molecular flexibility index (Phi) is 14.5. The number of rotatable bonds is 16. The van der Waals surface area contributed by atoms with Gasteiger partial charge < -0.3 is 25.2 Å². The summed E-state index contributed by atoms with van der Waals surface area (Å²) >= 11 is 1.68. The first-order valence-corrected chi connectivity index (χ1v) is 22.6. The number of aryl methyl sites for hydroxylation is 1. The third-order valence-corrected chi connectivity index (χ3v) is 13.0. The van der Waals surface area contributed by atoms with Crippen LogP contribution in [0.4, 0.5) is 5.69 Å². The van der Waals surface area contributed by atoms with Gasteiger partial charge in [0, 0.05) is 41.8 Å². The van der Waals surface area contributed by atoms with Crippen molar-refractivity contribution in [3.05, 3.63) is 185 Å². The van der Waals surface area contributed by atoms with E-state index in [9.17, 15) is 23.1 Å². The molecule has 0 aromatic heterocycles. The number of amides is 2. The molecule has 1 heterocycles. The van der Waals surface area contributed by atoms with Crippen LogP contribution in [0.25, 0.3) is 11.1 Å². The van der Waals surface area contributed by atoms with Crippen molar-refractivity contribution in [2.75, 3.05) is 11.1 Å². The zero-order valence-electron chi connectivity index (χ0n) is 34.0. The lowest BCUT2D eigenvalue weighted by Crippen LogP contribution is -2.47. The van der Waals surface area contributed by atoms with Crippen molar-refractivity contribution in [1.29, 1.82) is 0 Å². The summed E-state index contributed by atoms with van der Waals surface area (Å²) in [5, 5.41) is 15.4. The Bertz CT molecular complexity index is 2500. The maximum absolute atomic E-state index is 13.7. The quantitative estimate of drug-likeness (QED) is 0.0709. The molecule has 314 valence electrons. The van der Waals surface area contributed by atoms with E-state index in [2.05, 4.69) is 15.4 Å². The average Bonchev–Trinajstić information content (AvgIpc) is 3.28. The summed E-state index contributed by atoms with van der Waals surface area (Å²) in [4.78, 5) is 26.3. The molecule has 0 saturated carbocycles. The van der Waals surface area contributed by atoms with Crippen molar-refractivity contribution in [3.63, 3.8) is 0 Å². The van der Waals surface area contributed by atoms with Crippen LogP contribution in [-0.4, -0.2) is 43.2 Å². The van der Waals surface area contributed by atoms with Crippen LogP contribution in [0.2, 0.25) is 0 Å². The molecule has 12 heteroatoms. The van der Waals surface area contributed by atoms with Crippen molar-refractivity contribution < 1.29 is 32.6 Å². The highest BCUT2D eigenvalue weighted by atomic mass is 32.2. The Labute approximate surface area is 361 Å². The molecule has 4 N–H and O–H groups in total. The van der Waals surface area contributed by atoms with Crippen molar-refractivity contribution in [2.45, 2.75) is 74.2 Å². The van der Waals surface area contributed by atoms with E-state index in [1.54, 1.807) is 23.9 Å². The van der Waals surface area contributed by atoms with Gasteiger partial charge in [-0.3, -0.25) is 9.59 Å². The minimum absolute atomic E-state index is 0.0322. The maximum atomic E-state index is 13.7. The summed E-state index contributed by atoms with van der Waals surface area (Å²) in [5.41, 5.74) is 7.99. The summed E-state index contributed by atoms with van der Waals surface area (Å²) in [5.74, 6) is 0.148. The smallest absolute Gasteiger partial charge is 0.241 e. The molecule has 0 aliphatic carbocycles. The van der Waals surface area contributed by atoms with Crippen LogP contribution in [0.1, 0.15) is 59.1 Å². The Hall–Kier alpha value is -5.60. The van der Waals surface area contributed by atoms with Gasteiger partial charge in [0.1, 0.15) is 6.04 Å². The lowest BCUT2D eigenvalue weighted by molar-refractivity contribution is -0.245. The molecule has 1 saturated heterocycles. The maximum Gasteiger partial charge on any atom is 0.241 e. The number of nitrogens with one attached hydrogen (secondary N) is 3. The van der Waals surface area contributed by atoms with Crippen LogP contribution in [0.15, 0.2) is 161 Å². The molecule has 2 amide bonds. The van der Waals surface area contributed by atoms with E-state index in [0.717, 1.165) is 55.1 Å². The van der Waals surface area contributed by atoms with Crippen LogP contribution in [0, 0.1) is 6.92 Å². The van der Waals surface area contributed by atoms with Gasteiger partial charge in [-0.15, -0.1) is 11.8 Å². The van der Waals surface area contributed by atoms with Gasteiger partial charge in [0.2, 0.25) is 21.8 Å². The van der Waals surface area contributed by atoms with Crippen LogP contribution in [-0.2, 0) is 48.7 Å². The first-order chi connectivity index (χ1) is 29.5. The van der Waals surface area contributed by atoms with Crippen LogP contribution < -0.4 is 15.4 Å². The predicted molar refractivity (Wildman–Crippen MR) is 239 cm³/mol. The summed E-state index contributed by atoms with van der Waals surface area (Å²) < 4.78 is 42.5. The molecule has 10 nitrogen and oxygen atoms in total. The lowest BCUT2D eigenvalue weighted by atomic mass is 9.99. The molecule has 0 spiro atoms. The van der Waals surface area contributed by atoms with E-state index >= 15 is 0 Å². The Morgan fingerprint density at radius 2 is 1.44 bits per heavy atom. The standard InChI is InChI=1S/C49H49N3O7S2/c1-33-11-25-45(26-12-33)61(56,57)52-46(28-35-7-4-3-5-8-35)48(55)50-30-37-9-6-10-41(27-37)38-17-19-40(20-18-38)49-58-43(29-47(59-49)39-15-13-36(31-53)14-16-39)32-60-44-23-21-42(22-24-44)51-34(2)54/h3-27,43,46-47,49,52-53H,28-32H2,1-2H3,(H,50,55)(H,51,54). The fourth-order valence-electron chi connectivity index (χ4n) is 7.07. The molecule has 1 aliphatic heterocycles. The van der Waals surface area contributed by atoms with Crippen LogP contribution in [0.3, 0.4) is 0 Å². The molecule has 0 bridgehead atoms. The third kappa shape index (κ3) is 12.0. The van der Waals surface area contributed by atoms with E-state index in [-0.39, 0.29) is 42.6 Å². The largest absolute Gasteiger partial charge is 0.392 e. The molecule has 7 rings (SSSR count). The number of thioether (sulfide) groups is 1. The van der Waals surface area contributed by atoms with E-state index in [0.29, 0.717) is 12.2 Å². The zero-order chi connectivity index (χ0) is 42.8. The van der Waals surface area contributed by atoms with Crippen molar-refractivity contribution in [3.8, 4) is 11.1 Å². The SMILES string of the molecule is CC(=O)Nc1ccc(SCC2CC(c3ccc(CO)cc3)OC(c3ccc(-c4cccc(CNC(=O)C(Cc5ccccc5)NS(=O)(=O)c5ccc(C)cc5)c4)cc3)O2)cc1. The lowest BCUT2D eigenvalue weighted by Gasteiger charge is -2.36. The monoisotopic (exact) mass is 855 g/mol. The molecule has 61 heavy (non-hydrogen) atoms. The van der Waals surface area contributed by atoms with Gasteiger partial charge in [0.05, 0.1) is 23.7 Å². The van der Waals surface area contributed by atoms with Gasteiger partial charge in [-0.05, 0) is 89.2 Å². The zero-order valence-corrected chi connectivity index (χ0v) is 35.6. The van der Waals surface area contributed by atoms with Crippen molar-refractivity contribution in [2.24, 2.45) is 0 Å². The van der Waals surface area contributed by atoms with E-state index in [1.807, 2.05) is 134 Å². The van der Waals surface area contributed by atoms with Gasteiger partial charge in [0.25, 0.3) is 0 Å². The normalized spacial score (nSPS) is 17.0. The molecule has 1 aliphatic rings. The highest BCUT2D eigenvalue weighted by Gasteiger charge is 2.32. The van der Waals surface area contributed by atoms with Gasteiger partial charge >= 0.3 is 0 Å². The molecule has 6 aromatic carbocycles. The number of ether oxygens (including phenoxy) is 2. The van der Waals surface area contributed by atoms with E-state index in [4.69, 9.17) is 9.47 Å². The van der Waals surface area contributed by atoms with Crippen molar-refractivity contribution in [1.82, 2.24) is 10.0 Å². The third-order valence-electron chi connectivity index (χ3n) is 10.4. The number of sulfonamides is 1. The summed E-state index contributed by atoms with van der Waals surface area (Å²) in [7, 11) is -3.97. The fraction of sp³-hybridized carbons (Fsp3) is 0.224. The number of carbonyl (C=O) groups excluding carboxylic acids is 2. The summed E-state index contributed by atoms with van der Waals surface area (Å²) in [6.07, 6.45) is -0.135. The van der Waals surface area contributed by atoms with Gasteiger partial charge in [0.15, 0.2) is 6.29 Å². The van der Waals surface area contributed by atoms with Crippen molar-refractivity contribution >= 4 is 39.3 Å². The van der Waals surface area contributed by atoms with Crippen LogP contribution in [0.5, 0.6) is 0 Å². The molecule has 1 fully saturated rings. The Balaban J connectivity index is 1.03. The predicted octanol–water partition coefficient (Wildman–Crippen LogP) is 8.66. The summed E-state index contributed by atoms with van der Waals surface area (Å²) in [6, 6.07) is 46.3. The minimum atomic E-state index is -3.97.